The molecule has 2 aromatic rings. The topological polar surface area (TPSA) is 72.9 Å². The molecule has 1 heterocycles. The van der Waals surface area contributed by atoms with E-state index >= 15 is 0 Å². The van der Waals surface area contributed by atoms with Crippen LogP contribution in [0.25, 0.3) is 0 Å². The summed E-state index contributed by atoms with van der Waals surface area (Å²) < 4.78 is 15.3. The summed E-state index contributed by atoms with van der Waals surface area (Å²) >= 11 is 4.88. The number of nitrogens with two attached hydrogens (primary N) is 1. The van der Waals surface area contributed by atoms with Gasteiger partial charge in [-0.3, -0.25) is 9.48 Å². The van der Waals surface area contributed by atoms with Gasteiger partial charge in [-0.15, -0.1) is 0 Å². The van der Waals surface area contributed by atoms with Crippen molar-refractivity contribution in [2.24, 2.45) is 12.8 Å². The summed E-state index contributed by atoms with van der Waals surface area (Å²) in [6, 6.07) is 4.62. The number of nitrogens with one attached hydrogen (secondary N) is 1. The highest BCUT2D eigenvalue weighted by atomic mass is 32.1. The summed E-state index contributed by atoms with van der Waals surface area (Å²) in [5.41, 5.74) is 6.34. The van der Waals surface area contributed by atoms with Crippen LogP contribution in [0, 0.1) is 12.7 Å². The predicted octanol–water partition coefficient (Wildman–Crippen LogP) is 1.75. The zero-order chi connectivity index (χ0) is 14.9. The van der Waals surface area contributed by atoms with Crippen LogP contribution in [0.1, 0.15) is 21.5 Å². The Morgan fingerprint density at radius 2 is 2.15 bits per heavy atom. The van der Waals surface area contributed by atoms with Crippen LogP contribution in [0.4, 0.5) is 10.2 Å². The van der Waals surface area contributed by atoms with Gasteiger partial charge >= 0.3 is 0 Å². The van der Waals surface area contributed by atoms with Crippen LogP contribution in [0.3, 0.4) is 0 Å². The van der Waals surface area contributed by atoms with Crippen molar-refractivity contribution in [3.63, 3.8) is 0 Å². The normalized spacial score (nSPS) is 10.3. The molecule has 0 spiro atoms. The first kappa shape index (κ1) is 14.1. The van der Waals surface area contributed by atoms with Crippen LogP contribution in [0.5, 0.6) is 0 Å². The van der Waals surface area contributed by atoms with Crippen LogP contribution in [-0.4, -0.2) is 20.7 Å². The molecular weight excluding hydrogens is 279 g/mol. The third-order valence-electron chi connectivity index (χ3n) is 2.87. The van der Waals surface area contributed by atoms with Crippen molar-refractivity contribution >= 4 is 28.9 Å². The minimum Gasteiger partial charge on any atom is -0.389 e. The monoisotopic (exact) mass is 292 g/mol. The molecule has 5 nitrogen and oxygen atoms in total. The first-order valence-electron chi connectivity index (χ1n) is 5.80. The molecule has 20 heavy (non-hydrogen) atoms. The SMILES string of the molecule is Cc1cccc(C(=O)Nc2c(C(N)=S)cnn2C)c1F. The molecule has 1 aromatic carbocycles. The van der Waals surface area contributed by atoms with Crippen molar-refractivity contribution in [3.05, 3.63) is 46.9 Å². The number of hydrogen-bond acceptors (Lipinski definition) is 3. The molecule has 0 atom stereocenters. The highest BCUT2D eigenvalue weighted by Crippen LogP contribution is 2.17. The number of halogens is 1. The van der Waals surface area contributed by atoms with E-state index in [1.807, 2.05) is 0 Å². The molecule has 0 radical (unpaired) electrons. The lowest BCUT2D eigenvalue weighted by Gasteiger charge is -2.09. The molecule has 0 aliphatic carbocycles. The average Bonchev–Trinajstić information content (AvgIpc) is 2.74. The molecule has 0 aliphatic rings. The third kappa shape index (κ3) is 2.53. The van der Waals surface area contributed by atoms with Crippen LogP contribution < -0.4 is 11.1 Å². The largest absolute Gasteiger partial charge is 0.389 e. The molecule has 3 N–H and O–H groups in total. The molecule has 0 bridgehead atoms. The quantitative estimate of drug-likeness (QED) is 0.845. The van der Waals surface area contributed by atoms with Gasteiger partial charge in [-0.2, -0.15) is 5.10 Å². The summed E-state index contributed by atoms with van der Waals surface area (Å²) in [6.45, 7) is 1.59. The Kier molecular flexibility index (Phi) is 3.80. The zero-order valence-electron chi connectivity index (χ0n) is 11.0. The van der Waals surface area contributed by atoms with Gasteiger partial charge in [-0.25, -0.2) is 4.39 Å². The molecular formula is C13H13FN4OS. The van der Waals surface area contributed by atoms with E-state index in [1.165, 1.54) is 16.9 Å². The van der Waals surface area contributed by atoms with E-state index < -0.39 is 11.7 Å². The van der Waals surface area contributed by atoms with Crippen molar-refractivity contribution in [2.45, 2.75) is 6.92 Å². The molecule has 0 saturated heterocycles. The van der Waals surface area contributed by atoms with Crippen LogP contribution >= 0.6 is 12.2 Å². The maximum atomic E-state index is 13.9. The smallest absolute Gasteiger partial charge is 0.259 e. The van der Waals surface area contributed by atoms with Gasteiger partial charge in [-0.05, 0) is 18.6 Å². The average molecular weight is 292 g/mol. The van der Waals surface area contributed by atoms with Crippen molar-refractivity contribution < 1.29 is 9.18 Å². The number of carbonyl (C=O) groups is 1. The Labute approximate surface area is 120 Å². The molecule has 1 aromatic heterocycles. The minimum absolute atomic E-state index is 0.0416. The fraction of sp³-hybridized carbons (Fsp3) is 0.154. The maximum Gasteiger partial charge on any atom is 0.259 e. The number of anilines is 1. The van der Waals surface area contributed by atoms with E-state index in [0.717, 1.165) is 0 Å². The summed E-state index contributed by atoms with van der Waals surface area (Å²) in [4.78, 5) is 12.2. The summed E-state index contributed by atoms with van der Waals surface area (Å²) in [7, 11) is 1.63. The van der Waals surface area contributed by atoms with Crippen LogP contribution in [0.2, 0.25) is 0 Å². The van der Waals surface area contributed by atoms with Crippen LogP contribution in [-0.2, 0) is 7.05 Å². The molecule has 0 fully saturated rings. The van der Waals surface area contributed by atoms with Gasteiger partial charge in [0.15, 0.2) is 0 Å². The second kappa shape index (κ2) is 5.38. The molecule has 0 aliphatic heterocycles. The molecule has 1 amide bonds. The van der Waals surface area contributed by atoms with Gasteiger partial charge in [0.1, 0.15) is 16.6 Å². The lowest BCUT2D eigenvalue weighted by molar-refractivity contribution is 0.102. The number of aryl methyl sites for hydroxylation is 2. The number of rotatable bonds is 3. The van der Waals surface area contributed by atoms with E-state index in [4.69, 9.17) is 18.0 Å². The van der Waals surface area contributed by atoms with Crippen LogP contribution in [0.15, 0.2) is 24.4 Å². The summed E-state index contributed by atoms with van der Waals surface area (Å²) in [5.74, 6) is -0.792. The van der Waals surface area contributed by atoms with Gasteiger partial charge < -0.3 is 11.1 Å². The third-order valence-corrected chi connectivity index (χ3v) is 3.09. The van der Waals surface area contributed by atoms with Gasteiger partial charge in [0.05, 0.1) is 17.3 Å². The zero-order valence-corrected chi connectivity index (χ0v) is 11.8. The Morgan fingerprint density at radius 3 is 2.80 bits per heavy atom. The lowest BCUT2D eigenvalue weighted by atomic mass is 10.1. The van der Waals surface area contributed by atoms with Gasteiger partial charge in [0.2, 0.25) is 0 Å². The standard InChI is InChI=1S/C13H13FN4OS/c1-7-4-3-5-8(10(7)14)13(19)17-12-9(11(15)20)6-16-18(12)2/h3-6H,1-2H3,(H2,15,20)(H,17,19). The Bertz CT molecular complexity index is 696. The first-order chi connectivity index (χ1) is 9.41. The number of benzene rings is 1. The first-order valence-corrected chi connectivity index (χ1v) is 6.21. The number of carbonyl (C=O) groups excluding carboxylic acids is 1. The van der Waals surface area contributed by atoms with Gasteiger partial charge in [0.25, 0.3) is 5.91 Å². The second-order valence-electron chi connectivity index (χ2n) is 4.29. The van der Waals surface area contributed by atoms with E-state index in [0.29, 0.717) is 16.9 Å². The Morgan fingerprint density at radius 1 is 1.45 bits per heavy atom. The summed E-state index contributed by atoms with van der Waals surface area (Å²) in [5, 5.41) is 6.54. The van der Waals surface area contributed by atoms with E-state index in [1.54, 1.807) is 26.1 Å². The number of thiocarbonyl (C=S) groups is 1. The number of hydrogen-bond donors (Lipinski definition) is 2. The highest BCUT2D eigenvalue weighted by Gasteiger charge is 2.18. The molecule has 2 rings (SSSR count). The Hall–Kier alpha value is -2.28. The van der Waals surface area contributed by atoms with Gasteiger partial charge in [0, 0.05) is 7.05 Å². The van der Waals surface area contributed by atoms with E-state index in [9.17, 15) is 9.18 Å². The highest BCUT2D eigenvalue weighted by molar-refractivity contribution is 7.80. The van der Waals surface area contributed by atoms with Crippen molar-refractivity contribution in [2.75, 3.05) is 5.32 Å². The predicted molar refractivity (Wildman–Crippen MR) is 78.2 cm³/mol. The van der Waals surface area contributed by atoms with Crippen molar-refractivity contribution in [3.8, 4) is 0 Å². The fourth-order valence-corrected chi connectivity index (χ4v) is 1.91. The minimum atomic E-state index is -0.577. The molecule has 7 heteroatoms. The van der Waals surface area contributed by atoms with Crippen molar-refractivity contribution in [1.29, 1.82) is 0 Å². The molecule has 0 unspecified atom stereocenters. The van der Waals surface area contributed by atoms with Gasteiger partial charge in [-0.1, -0.05) is 24.4 Å². The second-order valence-corrected chi connectivity index (χ2v) is 4.73. The fourth-order valence-electron chi connectivity index (χ4n) is 1.76. The van der Waals surface area contributed by atoms with Crippen molar-refractivity contribution in [1.82, 2.24) is 9.78 Å². The number of amides is 1. The summed E-state index contributed by atoms with van der Waals surface area (Å²) in [6.07, 6.45) is 1.45. The molecule has 0 saturated carbocycles. The molecule has 104 valence electrons. The lowest BCUT2D eigenvalue weighted by Crippen LogP contribution is -2.20. The number of aromatic nitrogens is 2. The van der Waals surface area contributed by atoms with E-state index in [-0.39, 0.29) is 10.6 Å². The Balaban J connectivity index is 2.35. The maximum absolute atomic E-state index is 13.9. The van der Waals surface area contributed by atoms with E-state index in [2.05, 4.69) is 10.4 Å². The number of nitrogens with zero attached hydrogens (tertiary/aromatic N) is 2.